The molecular weight excluding hydrogens is 200 g/mol. The van der Waals surface area contributed by atoms with Crippen molar-refractivity contribution in [2.24, 2.45) is 0 Å². The molecule has 0 fully saturated rings. The molecule has 0 rings (SSSR count). The first-order valence-electron chi connectivity index (χ1n) is 6.17. The fraction of sp³-hybridized carbons (Fsp3) is 1.00. The van der Waals surface area contributed by atoms with E-state index in [1.165, 1.54) is 0 Å². The summed E-state index contributed by atoms with van der Waals surface area (Å²) in [7, 11) is 1.78. The minimum absolute atomic E-state index is 0.161. The van der Waals surface area contributed by atoms with Gasteiger partial charge in [-0.25, -0.2) is 0 Å². The maximum Gasteiger partial charge on any atom is 0.0707 e. The van der Waals surface area contributed by atoms with Crippen molar-refractivity contribution in [2.45, 2.75) is 65.1 Å². The molecule has 1 atom stereocenters. The summed E-state index contributed by atoms with van der Waals surface area (Å²) >= 11 is 0. The number of nitrogens with one attached hydrogen (secondary N) is 2. The van der Waals surface area contributed by atoms with Gasteiger partial charge < -0.3 is 15.4 Å². The molecule has 3 heteroatoms. The first-order chi connectivity index (χ1) is 7.14. The van der Waals surface area contributed by atoms with Gasteiger partial charge in [-0.05, 0) is 54.5 Å². The van der Waals surface area contributed by atoms with Crippen LogP contribution in [0.1, 0.15) is 48.0 Å². The molecule has 0 aliphatic rings. The van der Waals surface area contributed by atoms with Crippen LogP contribution in [0.15, 0.2) is 0 Å². The van der Waals surface area contributed by atoms with Crippen LogP contribution < -0.4 is 10.6 Å². The van der Waals surface area contributed by atoms with Gasteiger partial charge in [0, 0.05) is 24.7 Å². The van der Waals surface area contributed by atoms with E-state index >= 15 is 0 Å². The van der Waals surface area contributed by atoms with Crippen molar-refractivity contribution in [1.82, 2.24) is 10.6 Å². The summed E-state index contributed by atoms with van der Waals surface area (Å²) in [6.45, 7) is 15.0. The lowest BCUT2D eigenvalue weighted by atomic mass is 10.1. The Morgan fingerprint density at radius 1 is 0.938 bits per heavy atom. The van der Waals surface area contributed by atoms with E-state index in [0.717, 1.165) is 19.5 Å². The molecule has 0 heterocycles. The van der Waals surface area contributed by atoms with Crippen LogP contribution in [0.5, 0.6) is 0 Å². The predicted molar refractivity (Wildman–Crippen MR) is 70.9 cm³/mol. The molecule has 0 bridgehead atoms. The standard InChI is InChI=1S/C13H30N2O/c1-12(2,3)14-9-8-11(16-7)10-15-13(4,5)6/h11,14-15H,8-10H2,1-7H3. The van der Waals surface area contributed by atoms with Crippen LogP contribution in [-0.2, 0) is 4.74 Å². The topological polar surface area (TPSA) is 33.3 Å². The van der Waals surface area contributed by atoms with Crippen LogP contribution in [0.4, 0.5) is 0 Å². The molecule has 98 valence electrons. The Kier molecular flexibility index (Phi) is 6.53. The minimum Gasteiger partial charge on any atom is -0.380 e. The Hall–Kier alpha value is -0.120. The van der Waals surface area contributed by atoms with E-state index < -0.39 is 0 Å². The van der Waals surface area contributed by atoms with Crippen molar-refractivity contribution in [3.63, 3.8) is 0 Å². The highest BCUT2D eigenvalue weighted by molar-refractivity contribution is 4.75. The van der Waals surface area contributed by atoms with Crippen molar-refractivity contribution >= 4 is 0 Å². The summed E-state index contributed by atoms with van der Waals surface area (Å²) in [6.07, 6.45) is 1.32. The largest absolute Gasteiger partial charge is 0.380 e. The quantitative estimate of drug-likeness (QED) is 0.733. The van der Waals surface area contributed by atoms with Gasteiger partial charge in [0.15, 0.2) is 0 Å². The van der Waals surface area contributed by atoms with Crippen LogP contribution in [-0.4, -0.2) is 37.4 Å². The average molecular weight is 230 g/mol. The molecule has 0 saturated carbocycles. The Morgan fingerprint density at radius 3 is 1.81 bits per heavy atom. The van der Waals surface area contributed by atoms with Crippen LogP contribution in [0.3, 0.4) is 0 Å². The predicted octanol–water partition coefficient (Wildman–Crippen LogP) is 2.17. The maximum atomic E-state index is 5.46. The lowest BCUT2D eigenvalue weighted by Crippen LogP contribution is -2.43. The Labute approximate surface area is 101 Å². The monoisotopic (exact) mass is 230 g/mol. The second-order valence-electron chi connectivity index (χ2n) is 6.45. The van der Waals surface area contributed by atoms with Gasteiger partial charge in [-0.2, -0.15) is 0 Å². The average Bonchev–Trinajstić information content (AvgIpc) is 2.07. The number of methoxy groups -OCH3 is 1. The van der Waals surface area contributed by atoms with Gasteiger partial charge in [-0.1, -0.05) is 0 Å². The zero-order chi connectivity index (χ0) is 12.8. The third-order valence-corrected chi connectivity index (χ3v) is 2.32. The van der Waals surface area contributed by atoms with Crippen molar-refractivity contribution in [2.75, 3.05) is 20.2 Å². The highest BCUT2D eigenvalue weighted by Crippen LogP contribution is 2.03. The molecule has 16 heavy (non-hydrogen) atoms. The molecule has 2 N–H and O–H groups in total. The van der Waals surface area contributed by atoms with Gasteiger partial charge in [-0.3, -0.25) is 0 Å². The lowest BCUT2D eigenvalue weighted by Gasteiger charge is -2.26. The van der Waals surface area contributed by atoms with Crippen molar-refractivity contribution in [1.29, 1.82) is 0 Å². The van der Waals surface area contributed by atoms with E-state index in [1.54, 1.807) is 7.11 Å². The summed E-state index contributed by atoms with van der Waals surface area (Å²) in [5.74, 6) is 0. The Morgan fingerprint density at radius 2 is 1.44 bits per heavy atom. The summed E-state index contributed by atoms with van der Waals surface area (Å²) in [5, 5.41) is 6.94. The third kappa shape index (κ3) is 10.4. The molecule has 0 aromatic heterocycles. The first kappa shape index (κ1) is 15.9. The van der Waals surface area contributed by atoms with Crippen molar-refractivity contribution < 1.29 is 4.74 Å². The fourth-order valence-corrected chi connectivity index (χ4v) is 1.33. The molecule has 0 spiro atoms. The molecule has 0 radical (unpaired) electrons. The Bertz CT molecular complexity index is 179. The zero-order valence-electron chi connectivity index (χ0n) is 12.1. The minimum atomic E-state index is 0.161. The highest BCUT2D eigenvalue weighted by Gasteiger charge is 2.14. The highest BCUT2D eigenvalue weighted by atomic mass is 16.5. The maximum absolute atomic E-state index is 5.46. The van der Waals surface area contributed by atoms with Crippen LogP contribution in [0.2, 0.25) is 0 Å². The molecule has 0 saturated heterocycles. The van der Waals surface area contributed by atoms with Gasteiger partial charge in [0.25, 0.3) is 0 Å². The van der Waals surface area contributed by atoms with Crippen LogP contribution in [0.25, 0.3) is 0 Å². The summed E-state index contributed by atoms with van der Waals surface area (Å²) < 4.78 is 5.46. The SMILES string of the molecule is COC(CCNC(C)(C)C)CNC(C)(C)C. The van der Waals surface area contributed by atoms with Crippen LogP contribution >= 0.6 is 0 Å². The lowest BCUT2D eigenvalue weighted by molar-refractivity contribution is 0.0870. The van der Waals surface area contributed by atoms with Gasteiger partial charge in [0.05, 0.1) is 6.10 Å². The number of ether oxygens (including phenoxy) is 1. The number of hydrogen-bond donors (Lipinski definition) is 2. The van der Waals surface area contributed by atoms with E-state index in [9.17, 15) is 0 Å². The van der Waals surface area contributed by atoms with Crippen molar-refractivity contribution in [3.8, 4) is 0 Å². The van der Waals surface area contributed by atoms with E-state index in [-0.39, 0.29) is 17.2 Å². The summed E-state index contributed by atoms with van der Waals surface area (Å²) in [5.41, 5.74) is 0.351. The smallest absolute Gasteiger partial charge is 0.0707 e. The molecule has 0 aromatic carbocycles. The third-order valence-electron chi connectivity index (χ3n) is 2.32. The van der Waals surface area contributed by atoms with Gasteiger partial charge in [0.1, 0.15) is 0 Å². The van der Waals surface area contributed by atoms with Crippen molar-refractivity contribution in [3.05, 3.63) is 0 Å². The van der Waals surface area contributed by atoms with Gasteiger partial charge in [-0.15, -0.1) is 0 Å². The number of rotatable bonds is 6. The normalized spacial score (nSPS) is 15.2. The molecule has 0 aromatic rings. The van der Waals surface area contributed by atoms with Gasteiger partial charge in [0.2, 0.25) is 0 Å². The van der Waals surface area contributed by atoms with Crippen LogP contribution in [0, 0.1) is 0 Å². The molecular formula is C13H30N2O. The van der Waals surface area contributed by atoms with E-state index in [0.29, 0.717) is 0 Å². The zero-order valence-corrected chi connectivity index (χ0v) is 12.1. The second-order valence-corrected chi connectivity index (χ2v) is 6.45. The Balaban J connectivity index is 3.76. The summed E-state index contributed by atoms with van der Waals surface area (Å²) in [4.78, 5) is 0. The number of hydrogen-bond acceptors (Lipinski definition) is 3. The fourth-order valence-electron chi connectivity index (χ4n) is 1.33. The first-order valence-corrected chi connectivity index (χ1v) is 6.17. The molecule has 0 aliphatic heterocycles. The van der Waals surface area contributed by atoms with Gasteiger partial charge >= 0.3 is 0 Å². The van der Waals surface area contributed by atoms with E-state index in [1.807, 2.05) is 0 Å². The molecule has 0 aliphatic carbocycles. The van der Waals surface area contributed by atoms with E-state index in [2.05, 4.69) is 52.2 Å². The van der Waals surface area contributed by atoms with E-state index in [4.69, 9.17) is 4.74 Å². The molecule has 0 amide bonds. The molecule has 1 unspecified atom stereocenters. The molecule has 3 nitrogen and oxygen atoms in total. The second kappa shape index (κ2) is 6.58. The summed E-state index contributed by atoms with van der Waals surface area (Å²) in [6, 6.07) is 0.